The number of hydrogen-bond donors (Lipinski definition) is 2. The van der Waals surface area contributed by atoms with Crippen LogP contribution in [0.2, 0.25) is 0 Å². The van der Waals surface area contributed by atoms with E-state index < -0.39 is 17.9 Å². The zero-order valence-electron chi connectivity index (χ0n) is 14.6. The van der Waals surface area contributed by atoms with Gasteiger partial charge in [-0.3, -0.25) is 4.79 Å². The van der Waals surface area contributed by atoms with Gasteiger partial charge in [-0.1, -0.05) is 59.2 Å². The molecular weight excluding hydrogens is 294 g/mol. The number of carboxylic acids is 1. The van der Waals surface area contributed by atoms with Crippen molar-refractivity contribution in [3.05, 3.63) is 29.8 Å². The molecule has 0 spiro atoms. The largest absolute Gasteiger partial charge is 0.483 e. The lowest BCUT2D eigenvalue weighted by Crippen LogP contribution is -2.46. The molecule has 2 unspecified atom stereocenters. The smallest absolute Gasteiger partial charge is 0.326 e. The van der Waals surface area contributed by atoms with E-state index in [0.717, 1.165) is 5.56 Å². The zero-order valence-corrected chi connectivity index (χ0v) is 14.6. The molecule has 0 saturated carbocycles. The molecule has 0 aromatic heterocycles. The number of nitrogens with one attached hydrogen (secondary N) is 1. The van der Waals surface area contributed by atoms with Gasteiger partial charge in [-0.25, -0.2) is 4.79 Å². The second-order valence-electron chi connectivity index (χ2n) is 6.80. The van der Waals surface area contributed by atoms with Gasteiger partial charge in [0.2, 0.25) is 0 Å². The lowest BCUT2D eigenvalue weighted by atomic mass is 9.86. The topological polar surface area (TPSA) is 75.6 Å². The van der Waals surface area contributed by atoms with Crippen LogP contribution in [-0.4, -0.2) is 29.6 Å². The van der Waals surface area contributed by atoms with Crippen molar-refractivity contribution in [1.29, 1.82) is 0 Å². The Labute approximate surface area is 138 Å². The van der Waals surface area contributed by atoms with Gasteiger partial charge in [-0.2, -0.15) is 0 Å². The number of amides is 1. The van der Waals surface area contributed by atoms with E-state index in [1.807, 2.05) is 31.2 Å². The standard InChI is InChI=1S/C18H27NO4/c1-6-12(2)16(17(21)22)19-15(20)11-23-14-10-8-7-9-13(14)18(3,4)5/h7-10,12,16H,6,11H2,1-5H3,(H,19,20)(H,21,22). The second kappa shape index (κ2) is 7.99. The highest BCUT2D eigenvalue weighted by molar-refractivity contribution is 5.84. The number of aliphatic carboxylic acids is 1. The van der Waals surface area contributed by atoms with Crippen LogP contribution in [0.25, 0.3) is 0 Å². The quantitative estimate of drug-likeness (QED) is 0.809. The molecule has 2 atom stereocenters. The fraction of sp³-hybridized carbons (Fsp3) is 0.556. The summed E-state index contributed by atoms with van der Waals surface area (Å²) in [6, 6.07) is 6.66. The molecule has 0 bridgehead atoms. The minimum Gasteiger partial charge on any atom is -0.483 e. The Morgan fingerprint density at radius 3 is 2.39 bits per heavy atom. The molecule has 1 amide bonds. The second-order valence-corrected chi connectivity index (χ2v) is 6.80. The minimum atomic E-state index is -1.03. The number of ether oxygens (including phenoxy) is 1. The highest BCUT2D eigenvalue weighted by Crippen LogP contribution is 2.30. The van der Waals surface area contributed by atoms with Gasteiger partial charge in [0, 0.05) is 0 Å². The Morgan fingerprint density at radius 2 is 1.87 bits per heavy atom. The number of para-hydroxylation sites is 1. The van der Waals surface area contributed by atoms with Gasteiger partial charge in [-0.15, -0.1) is 0 Å². The van der Waals surface area contributed by atoms with E-state index in [1.165, 1.54) is 0 Å². The van der Waals surface area contributed by atoms with Crippen LogP contribution in [0.3, 0.4) is 0 Å². The third-order valence-electron chi connectivity index (χ3n) is 3.85. The molecule has 1 aromatic carbocycles. The van der Waals surface area contributed by atoms with Gasteiger partial charge in [-0.05, 0) is 23.0 Å². The van der Waals surface area contributed by atoms with Crippen molar-refractivity contribution < 1.29 is 19.4 Å². The van der Waals surface area contributed by atoms with Crippen LogP contribution < -0.4 is 10.1 Å². The molecule has 0 aliphatic rings. The summed E-state index contributed by atoms with van der Waals surface area (Å²) < 4.78 is 5.61. The van der Waals surface area contributed by atoms with Crippen molar-refractivity contribution in [2.24, 2.45) is 5.92 Å². The van der Waals surface area contributed by atoms with Gasteiger partial charge in [0.1, 0.15) is 11.8 Å². The maximum atomic E-state index is 12.0. The molecule has 0 heterocycles. The van der Waals surface area contributed by atoms with Gasteiger partial charge >= 0.3 is 5.97 Å². The monoisotopic (exact) mass is 321 g/mol. The number of carboxylic acid groups (broad SMARTS) is 1. The molecule has 5 nitrogen and oxygen atoms in total. The minimum absolute atomic E-state index is 0.104. The summed E-state index contributed by atoms with van der Waals surface area (Å²) >= 11 is 0. The third-order valence-corrected chi connectivity index (χ3v) is 3.85. The molecular formula is C18H27NO4. The molecule has 0 aliphatic carbocycles. The van der Waals surface area contributed by atoms with E-state index in [1.54, 1.807) is 6.92 Å². The van der Waals surface area contributed by atoms with Crippen molar-refractivity contribution in [2.45, 2.75) is 52.5 Å². The number of benzene rings is 1. The Morgan fingerprint density at radius 1 is 1.26 bits per heavy atom. The van der Waals surface area contributed by atoms with Crippen LogP contribution in [0.15, 0.2) is 24.3 Å². The lowest BCUT2D eigenvalue weighted by molar-refractivity contribution is -0.143. The molecule has 128 valence electrons. The van der Waals surface area contributed by atoms with E-state index >= 15 is 0 Å². The lowest BCUT2D eigenvalue weighted by Gasteiger charge is -2.23. The maximum absolute atomic E-state index is 12.0. The Kier molecular flexibility index (Phi) is 6.61. The SMILES string of the molecule is CCC(C)C(NC(=O)COc1ccccc1C(C)(C)C)C(=O)O. The molecule has 0 aliphatic heterocycles. The van der Waals surface area contributed by atoms with Crippen molar-refractivity contribution in [1.82, 2.24) is 5.32 Å². The van der Waals surface area contributed by atoms with Crippen molar-refractivity contribution in [2.75, 3.05) is 6.61 Å². The molecule has 0 radical (unpaired) electrons. The fourth-order valence-electron chi connectivity index (χ4n) is 2.25. The van der Waals surface area contributed by atoms with Crippen molar-refractivity contribution in [3.63, 3.8) is 0 Å². The molecule has 0 fully saturated rings. The zero-order chi connectivity index (χ0) is 17.6. The van der Waals surface area contributed by atoms with Gasteiger partial charge < -0.3 is 15.2 Å². The van der Waals surface area contributed by atoms with Crippen LogP contribution in [0.5, 0.6) is 5.75 Å². The first-order valence-electron chi connectivity index (χ1n) is 7.91. The van der Waals surface area contributed by atoms with Gasteiger partial charge in [0.15, 0.2) is 6.61 Å². The Hall–Kier alpha value is -2.04. The Bertz CT molecular complexity index is 548. The average Bonchev–Trinajstić information content (AvgIpc) is 2.49. The molecule has 23 heavy (non-hydrogen) atoms. The molecule has 1 aromatic rings. The highest BCUT2D eigenvalue weighted by atomic mass is 16.5. The molecule has 5 heteroatoms. The summed E-state index contributed by atoms with van der Waals surface area (Å²) in [5.41, 5.74) is 0.900. The predicted octanol–water partition coefficient (Wildman–Crippen LogP) is 2.98. The summed E-state index contributed by atoms with van der Waals surface area (Å²) in [6.07, 6.45) is 0.672. The number of rotatable bonds is 7. The van der Waals surface area contributed by atoms with Crippen LogP contribution in [0, 0.1) is 5.92 Å². The summed E-state index contributed by atoms with van der Waals surface area (Å²) in [4.78, 5) is 23.3. The van der Waals surface area contributed by atoms with E-state index in [2.05, 4.69) is 26.1 Å². The van der Waals surface area contributed by atoms with Crippen molar-refractivity contribution >= 4 is 11.9 Å². The van der Waals surface area contributed by atoms with E-state index in [-0.39, 0.29) is 17.9 Å². The van der Waals surface area contributed by atoms with Crippen LogP contribution >= 0.6 is 0 Å². The maximum Gasteiger partial charge on any atom is 0.326 e. The van der Waals surface area contributed by atoms with Crippen LogP contribution in [-0.2, 0) is 15.0 Å². The summed E-state index contributed by atoms with van der Waals surface area (Å²) in [5, 5.41) is 11.7. The van der Waals surface area contributed by atoms with Crippen LogP contribution in [0.1, 0.15) is 46.6 Å². The van der Waals surface area contributed by atoms with Crippen LogP contribution in [0.4, 0.5) is 0 Å². The van der Waals surface area contributed by atoms with E-state index in [4.69, 9.17) is 4.74 Å². The van der Waals surface area contributed by atoms with Crippen molar-refractivity contribution in [3.8, 4) is 5.75 Å². The normalized spacial score (nSPS) is 14.0. The number of carbonyl (C=O) groups is 2. The fourth-order valence-corrected chi connectivity index (χ4v) is 2.25. The van der Waals surface area contributed by atoms with Gasteiger partial charge in [0.05, 0.1) is 0 Å². The first kappa shape index (κ1) is 19.0. The highest BCUT2D eigenvalue weighted by Gasteiger charge is 2.25. The average molecular weight is 321 g/mol. The first-order valence-corrected chi connectivity index (χ1v) is 7.91. The Balaban J connectivity index is 2.72. The molecule has 2 N–H and O–H groups in total. The summed E-state index contributed by atoms with van der Waals surface area (Å²) in [7, 11) is 0. The first-order chi connectivity index (χ1) is 10.7. The molecule has 0 saturated heterocycles. The summed E-state index contributed by atoms with van der Waals surface area (Å²) in [5.74, 6) is -0.951. The predicted molar refractivity (Wildman–Crippen MR) is 89.7 cm³/mol. The number of carbonyl (C=O) groups excluding carboxylic acids is 1. The number of hydrogen-bond acceptors (Lipinski definition) is 3. The van der Waals surface area contributed by atoms with E-state index in [9.17, 15) is 14.7 Å². The third kappa shape index (κ3) is 5.58. The van der Waals surface area contributed by atoms with Gasteiger partial charge in [0.25, 0.3) is 5.91 Å². The molecule has 1 rings (SSSR count). The van der Waals surface area contributed by atoms with E-state index in [0.29, 0.717) is 12.2 Å². The summed E-state index contributed by atoms with van der Waals surface area (Å²) in [6.45, 7) is 9.70.